The Kier molecular flexibility index (Phi) is 10.9. The zero-order valence-electron chi connectivity index (χ0n) is 28.2. The van der Waals surface area contributed by atoms with Crippen LogP contribution in [0.4, 0.5) is 0 Å². The number of nitrogens with one attached hydrogen (secondary N) is 1. The first-order valence-electron chi connectivity index (χ1n) is 15.5. The minimum Gasteiger partial charge on any atom is -0.497 e. The van der Waals surface area contributed by atoms with Crippen LogP contribution in [-0.4, -0.2) is 70.9 Å². The van der Waals surface area contributed by atoms with Crippen molar-refractivity contribution < 1.29 is 32.0 Å². The Labute approximate surface area is 271 Å². The largest absolute Gasteiger partial charge is 0.497 e. The fraction of sp³-hybridized carbons (Fsp3) is 0.645. The highest BCUT2D eigenvalue weighted by Crippen LogP contribution is 2.52. The fourth-order valence-electron chi connectivity index (χ4n) is 6.40. The summed E-state index contributed by atoms with van der Waals surface area (Å²) in [5, 5.41) is -1.000. The summed E-state index contributed by atoms with van der Waals surface area (Å²) in [5.41, 5.74) is -0.0899. The molecule has 2 fully saturated rings. The maximum atomic E-state index is 13.9. The molecule has 3 heterocycles. The van der Waals surface area contributed by atoms with Crippen molar-refractivity contribution in [2.45, 2.75) is 107 Å². The fourth-order valence-corrected chi connectivity index (χ4v) is 19.4. The Morgan fingerprint density at radius 3 is 2.16 bits per heavy atom. The molecular weight excluding hydrogens is 633 g/mol. The smallest absolute Gasteiger partial charge is 0.342 e. The second-order valence-corrected chi connectivity index (χ2v) is 23.2. The van der Waals surface area contributed by atoms with Gasteiger partial charge in [0.1, 0.15) is 28.5 Å². The summed E-state index contributed by atoms with van der Waals surface area (Å²) >= 11 is 1.46. The average Bonchev–Trinajstić information content (AvgIpc) is 3.29. The standard InChI is InChI=1S/C31H48N2O9SSi2/c1-17(2)44(18(3)4)39-16-25-26(41-45(42-44,19(5)6)20(7)8)27(29(43-25)33-15-21(9)28(34)32-31(33)36)40-30(35)23-13-12-22(37-10)14-24(23)38-11/h12-15,17-20,25-27,29H,16H2,1-11H3,(H,32,34,36)/t25-,26-,27-,29-/m1/s1. The molecule has 14 heteroatoms. The number of carbonyl (C=O) groups excluding carboxylic acids is 1. The lowest BCUT2D eigenvalue weighted by Crippen LogP contribution is -2.65. The van der Waals surface area contributed by atoms with E-state index < -0.39 is 51.9 Å². The van der Waals surface area contributed by atoms with Crippen LogP contribution in [-0.2, 0) is 17.7 Å². The van der Waals surface area contributed by atoms with Crippen molar-refractivity contribution in [2.24, 2.45) is 0 Å². The number of aryl methyl sites for hydroxylation is 1. The first kappa shape index (κ1) is 35.5. The number of benzene rings is 1. The molecule has 250 valence electrons. The van der Waals surface area contributed by atoms with E-state index >= 15 is 0 Å². The van der Waals surface area contributed by atoms with Crippen LogP contribution in [0, 0.1) is 6.92 Å². The number of rotatable bonds is 9. The van der Waals surface area contributed by atoms with Crippen molar-refractivity contribution in [3.05, 3.63) is 56.4 Å². The van der Waals surface area contributed by atoms with Crippen molar-refractivity contribution in [3.63, 3.8) is 0 Å². The van der Waals surface area contributed by atoms with Gasteiger partial charge in [-0.2, -0.15) is 0 Å². The van der Waals surface area contributed by atoms with Crippen molar-refractivity contribution in [3.8, 4) is 11.5 Å². The molecule has 0 saturated carbocycles. The molecular formula is C31H48N2O9SSi2. The molecule has 1 aromatic carbocycles. The quantitative estimate of drug-likeness (QED) is 0.262. The van der Waals surface area contributed by atoms with Crippen LogP contribution >= 0.6 is 11.8 Å². The van der Waals surface area contributed by atoms with E-state index in [1.165, 1.54) is 36.7 Å². The Morgan fingerprint density at radius 2 is 1.60 bits per heavy atom. The summed E-state index contributed by atoms with van der Waals surface area (Å²) in [6.07, 6.45) is -0.0674. The molecule has 4 rings (SSSR count). The van der Waals surface area contributed by atoms with Crippen LogP contribution in [0.1, 0.15) is 76.7 Å². The van der Waals surface area contributed by atoms with Gasteiger partial charge in [0.15, 0.2) is 6.10 Å². The number of esters is 1. The van der Waals surface area contributed by atoms with E-state index in [4.69, 9.17) is 27.2 Å². The molecule has 0 radical (unpaired) electrons. The van der Waals surface area contributed by atoms with Gasteiger partial charge in [0.25, 0.3) is 5.56 Å². The highest BCUT2D eigenvalue weighted by atomic mass is 32.2. The van der Waals surface area contributed by atoms with E-state index in [-0.39, 0.29) is 38.7 Å². The number of nitrogens with zero attached hydrogens (tertiary/aromatic N) is 1. The van der Waals surface area contributed by atoms with E-state index in [2.05, 4.69) is 60.4 Å². The zero-order valence-corrected chi connectivity index (χ0v) is 31.0. The number of ether oxygens (including phenoxy) is 3. The molecule has 0 amide bonds. The first-order chi connectivity index (χ1) is 21.1. The van der Waals surface area contributed by atoms with Gasteiger partial charge in [-0.15, -0.1) is 11.8 Å². The molecule has 0 bridgehead atoms. The molecule has 0 aliphatic carbocycles. The topological polar surface area (TPSA) is 127 Å². The third kappa shape index (κ3) is 6.59. The highest BCUT2D eigenvalue weighted by molar-refractivity contribution is 8.00. The third-order valence-electron chi connectivity index (χ3n) is 8.91. The minimum atomic E-state index is -3.09. The number of carbonyl (C=O) groups is 1. The summed E-state index contributed by atoms with van der Waals surface area (Å²) < 4.78 is 40.2. The summed E-state index contributed by atoms with van der Waals surface area (Å²) in [7, 11) is -2.91. The number of H-pyrrole nitrogens is 1. The van der Waals surface area contributed by atoms with Gasteiger partial charge in [0, 0.05) is 17.8 Å². The van der Waals surface area contributed by atoms with Gasteiger partial charge >= 0.3 is 28.8 Å². The number of thioether (sulfide) groups is 1. The van der Waals surface area contributed by atoms with E-state index in [9.17, 15) is 14.4 Å². The molecule has 4 atom stereocenters. The van der Waals surface area contributed by atoms with Crippen molar-refractivity contribution in [1.82, 2.24) is 9.55 Å². The first-order valence-corrected chi connectivity index (χ1v) is 20.4. The van der Waals surface area contributed by atoms with E-state index in [0.717, 1.165) is 0 Å². The molecule has 2 aliphatic rings. The third-order valence-corrected chi connectivity index (χ3v) is 20.7. The molecule has 1 aromatic heterocycles. The van der Waals surface area contributed by atoms with Crippen LogP contribution in [0.15, 0.2) is 34.0 Å². The Bertz CT molecular complexity index is 1480. The number of hydrogen-bond acceptors (Lipinski definition) is 10. The molecule has 0 unspecified atom stereocenters. The second kappa shape index (κ2) is 13.8. The van der Waals surface area contributed by atoms with E-state index in [0.29, 0.717) is 17.9 Å². The molecule has 2 saturated heterocycles. The number of hydrogen-bond donors (Lipinski definition) is 1. The van der Waals surface area contributed by atoms with E-state index in [1.54, 1.807) is 25.1 Å². The number of methoxy groups -OCH3 is 2. The van der Waals surface area contributed by atoms with Crippen LogP contribution in [0.2, 0.25) is 22.2 Å². The molecule has 1 N–H and O–H groups in total. The van der Waals surface area contributed by atoms with Gasteiger partial charge in [-0.3, -0.25) is 14.3 Å². The normalized spacial score (nSPS) is 24.4. The van der Waals surface area contributed by atoms with Crippen LogP contribution in [0.25, 0.3) is 0 Å². The van der Waals surface area contributed by atoms with Crippen LogP contribution < -0.4 is 20.7 Å². The predicted octanol–water partition coefficient (Wildman–Crippen LogP) is 5.66. The summed E-state index contributed by atoms with van der Waals surface area (Å²) in [4.78, 5) is 41.9. The lowest BCUT2D eigenvalue weighted by Gasteiger charge is -2.51. The maximum Gasteiger partial charge on any atom is 0.342 e. The van der Waals surface area contributed by atoms with E-state index in [1.807, 2.05) is 0 Å². The van der Waals surface area contributed by atoms with Crippen molar-refractivity contribution >= 4 is 34.9 Å². The minimum absolute atomic E-state index is 0.0457. The monoisotopic (exact) mass is 680 g/mol. The Hall–Kier alpha value is -2.37. The zero-order chi connectivity index (χ0) is 33.4. The second-order valence-electron chi connectivity index (χ2n) is 13.0. The predicted molar refractivity (Wildman–Crippen MR) is 179 cm³/mol. The molecule has 11 nitrogen and oxygen atoms in total. The van der Waals surface area contributed by atoms with Gasteiger partial charge in [-0.1, -0.05) is 55.4 Å². The number of fused-ring (bicyclic) bond motifs is 1. The van der Waals surface area contributed by atoms with Gasteiger partial charge in [-0.25, -0.2) is 9.59 Å². The summed E-state index contributed by atoms with van der Waals surface area (Å²) in [6.45, 7) is 19.1. The van der Waals surface area contributed by atoms with Gasteiger partial charge in [0.05, 0.1) is 26.1 Å². The maximum absolute atomic E-state index is 13.9. The Morgan fingerprint density at radius 1 is 0.978 bits per heavy atom. The van der Waals surface area contributed by atoms with Gasteiger partial charge in [0.2, 0.25) is 0 Å². The molecule has 2 aromatic rings. The number of aromatic nitrogens is 2. The highest BCUT2D eigenvalue weighted by Gasteiger charge is 2.62. The van der Waals surface area contributed by atoms with Crippen LogP contribution in [0.5, 0.6) is 11.5 Å². The molecule has 0 spiro atoms. The lowest BCUT2D eigenvalue weighted by molar-refractivity contribution is -0.0329. The SMILES string of the molecule is COc1ccc(C(=O)O[C@@H]2[C@@H]3O[Si](C(C)C)(C(C)C)O[Si](C(C)C)(C(C)C)OC[C@H]3S[C@H]2n2cc(C)c(=O)[nH]c2=O)c(OC)c1. The Balaban J connectivity index is 1.88. The number of aromatic amines is 1. The van der Waals surface area contributed by atoms with Crippen molar-refractivity contribution in [2.75, 3.05) is 20.8 Å². The molecule has 2 aliphatic heterocycles. The molecule has 45 heavy (non-hydrogen) atoms. The summed E-state index contributed by atoms with van der Waals surface area (Å²) in [6, 6.07) is 4.86. The van der Waals surface area contributed by atoms with Gasteiger partial charge < -0.3 is 27.2 Å². The van der Waals surface area contributed by atoms with Crippen molar-refractivity contribution in [1.29, 1.82) is 0 Å². The average molecular weight is 681 g/mol. The summed E-state index contributed by atoms with van der Waals surface area (Å²) in [5.74, 6) is 0.179. The van der Waals surface area contributed by atoms with Gasteiger partial charge in [-0.05, 0) is 41.2 Å². The lowest BCUT2D eigenvalue weighted by atomic mass is 10.1. The van der Waals surface area contributed by atoms with Crippen LogP contribution in [0.3, 0.4) is 0 Å².